The fraction of sp³-hybridized carbons (Fsp3) is 0.0909. The molecule has 0 saturated heterocycles. The zero-order chi connectivity index (χ0) is 12.3. The lowest BCUT2D eigenvalue weighted by molar-refractivity contribution is -0.115. The summed E-state index contributed by atoms with van der Waals surface area (Å²) in [6, 6.07) is 5.03. The van der Waals surface area contributed by atoms with Gasteiger partial charge < -0.3 is 9.73 Å². The smallest absolute Gasteiger partial charge is 0.230 e. The number of anilines is 1. The molecule has 0 saturated carbocycles. The Labute approximate surface area is 108 Å². The summed E-state index contributed by atoms with van der Waals surface area (Å²) < 4.78 is 4.77. The molecule has 0 atom stereocenters. The first-order valence-electron chi connectivity index (χ1n) is 4.78. The van der Waals surface area contributed by atoms with Crippen LogP contribution in [0.3, 0.4) is 0 Å². The van der Waals surface area contributed by atoms with E-state index in [4.69, 9.17) is 27.6 Å². The number of carbonyl (C=O) groups excluding carboxylic acids is 1. The van der Waals surface area contributed by atoms with Gasteiger partial charge in [-0.1, -0.05) is 29.3 Å². The van der Waals surface area contributed by atoms with Crippen molar-refractivity contribution in [3.8, 4) is 0 Å². The fourth-order valence-electron chi connectivity index (χ4n) is 1.28. The third kappa shape index (κ3) is 2.99. The fourth-order valence-corrected chi connectivity index (χ4v) is 1.63. The van der Waals surface area contributed by atoms with Crippen LogP contribution < -0.4 is 5.32 Å². The molecule has 0 spiro atoms. The summed E-state index contributed by atoms with van der Waals surface area (Å²) in [5.74, 6) is -0.233. The highest BCUT2D eigenvalue weighted by Crippen LogP contribution is 2.29. The Hall–Kier alpha value is -1.52. The first kappa shape index (κ1) is 12.0. The summed E-state index contributed by atoms with van der Waals surface area (Å²) in [5.41, 5.74) is 1.04. The molecule has 4 nitrogen and oxygen atoms in total. The molecular formula is C11H8Cl2N2O2. The van der Waals surface area contributed by atoms with Crippen LogP contribution in [-0.2, 0) is 11.2 Å². The van der Waals surface area contributed by atoms with Gasteiger partial charge in [-0.05, 0) is 12.1 Å². The van der Waals surface area contributed by atoms with Gasteiger partial charge in [-0.15, -0.1) is 0 Å². The number of oxazole rings is 1. The van der Waals surface area contributed by atoms with Crippen molar-refractivity contribution in [1.29, 1.82) is 0 Å². The Balaban J connectivity index is 2.06. The molecule has 0 aliphatic rings. The average molecular weight is 271 g/mol. The molecule has 1 aromatic heterocycles. The van der Waals surface area contributed by atoms with E-state index in [1.54, 1.807) is 18.2 Å². The predicted octanol–water partition coefficient (Wildman–Crippen LogP) is 3.16. The third-order valence-corrected chi connectivity index (χ3v) is 2.87. The molecular weight excluding hydrogens is 263 g/mol. The molecule has 1 aromatic carbocycles. The quantitative estimate of drug-likeness (QED) is 0.932. The number of benzene rings is 1. The summed E-state index contributed by atoms with van der Waals surface area (Å²) >= 11 is 11.8. The molecule has 2 aromatic rings. The maximum atomic E-state index is 11.6. The lowest BCUT2D eigenvalue weighted by Gasteiger charge is -2.06. The van der Waals surface area contributed by atoms with Gasteiger partial charge in [0.1, 0.15) is 6.26 Å². The molecule has 17 heavy (non-hydrogen) atoms. The Kier molecular flexibility index (Phi) is 3.66. The number of rotatable bonds is 3. The molecule has 0 fully saturated rings. The molecule has 6 heteroatoms. The van der Waals surface area contributed by atoms with Gasteiger partial charge in [0.15, 0.2) is 6.39 Å². The first-order valence-corrected chi connectivity index (χ1v) is 5.53. The van der Waals surface area contributed by atoms with Crippen LogP contribution in [0, 0.1) is 0 Å². The molecule has 0 bridgehead atoms. The lowest BCUT2D eigenvalue weighted by Crippen LogP contribution is -2.14. The van der Waals surface area contributed by atoms with Crippen LogP contribution in [-0.4, -0.2) is 10.9 Å². The lowest BCUT2D eigenvalue weighted by atomic mass is 10.3. The topological polar surface area (TPSA) is 55.1 Å². The van der Waals surface area contributed by atoms with Gasteiger partial charge in [-0.25, -0.2) is 4.98 Å². The van der Waals surface area contributed by atoms with Crippen LogP contribution in [0.25, 0.3) is 0 Å². The van der Waals surface area contributed by atoms with Crippen molar-refractivity contribution in [2.75, 3.05) is 5.32 Å². The van der Waals surface area contributed by atoms with Gasteiger partial charge >= 0.3 is 0 Å². The third-order valence-electron chi connectivity index (χ3n) is 2.05. The summed E-state index contributed by atoms with van der Waals surface area (Å²) in [6.07, 6.45) is 2.81. The maximum absolute atomic E-state index is 11.6. The molecule has 2 rings (SSSR count). The first-order chi connectivity index (χ1) is 8.16. The van der Waals surface area contributed by atoms with Crippen molar-refractivity contribution in [1.82, 2.24) is 4.98 Å². The average Bonchev–Trinajstić information content (AvgIpc) is 2.77. The van der Waals surface area contributed by atoms with Crippen molar-refractivity contribution in [3.05, 3.63) is 46.6 Å². The summed E-state index contributed by atoms with van der Waals surface area (Å²) in [6.45, 7) is 0. The number of carbonyl (C=O) groups is 1. The minimum atomic E-state index is -0.233. The largest absolute Gasteiger partial charge is 0.451 e. The van der Waals surface area contributed by atoms with Crippen LogP contribution in [0.15, 0.2) is 35.3 Å². The van der Waals surface area contributed by atoms with E-state index < -0.39 is 0 Å². The highest BCUT2D eigenvalue weighted by molar-refractivity contribution is 6.43. The van der Waals surface area contributed by atoms with E-state index in [9.17, 15) is 4.79 Å². The van der Waals surface area contributed by atoms with E-state index in [1.165, 1.54) is 12.7 Å². The number of hydrogen-bond donors (Lipinski definition) is 1. The number of nitrogens with zero attached hydrogens (tertiary/aromatic N) is 1. The predicted molar refractivity (Wildman–Crippen MR) is 65.3 cm³/mol. The second-order valence-electron chi connectivity index (χ2n) is 3.31. The Bertz CT molecular complexity index is 526. The van der Waals surface area contributed by atoms with Gasteiger partial charge in [-0.2, -0.15) is 0 Å². The van der Waals surface area contributed by atoms with E-state index >= 15 is 0 Å². The van der Waals surface area contributed by atoms with Crippen LogP contribution in [0.4, 0.5) is 5.69 Å². The molecule has 0 radical (unpaired) electrons. The second-order valence-corrected chi connectivity index (χ2v) is 4.09. The van der Waals surface area contributed by atoms with Crippen LogP contribution in [0.2, 0.25) is 10.0 Å². The Morgan fingerprint density at radius 1 is 1.41 bits per heavy atom. The number of hydrogen-bond acceptors (Lipinski definition) is 3. The standard InChI is InChI=1S/C11H8Cl2N2O2/c12-8-2-1-3-9(11(8)13)15-10(16)4-7-5-17-6-14-7/h1-3,5-6H,4H2,(H,15,16). The summed E-state index contributed by atoms with van der Waals surface area (Å²) in [7, 11) is 0. The van der Waals surface area contributed by atoms with Crippen LogP contribution in [0.5, 0.6) is 0 Å². The zero-order valence-electron chi connectivity index (χ0n) is 8.61. The monoisotopic (exact) mass is 270 g/mol. The van der Waals surface area contributed by atoms with Gasteiger partial charge in [-0.3, -0.25) is 4.79 Å². The van der Waals surface area contributed by atoms with Crippen molar-refractivity contribution < 1.29 is 9.21 Å². The van der Waals surface area contributed by atoms with E-state index in [0.29, 0.717) is 21.4 Å². The van der Waals surface area contributed by atoms with Crippen molar-refractivity contribution in [2.24, 2.45) is 0 Å². The highest BCUT2D eigenvalue weighted by Gasteiger charge is 2.09. The van der Waals surface area contributed by atoms with Crippen LogP contribution in [0.1, 0.15) is 5.69 Å². The summed E-state index contributed by atoms with van der Waals surface area (Å²) in [5, 5.41) is 3.37. The van der Waals surface area contributed by atoms with Gasteiger partial charge in [0.05, 0.1) is 27.8 Å². The molecule has 0 aliphatic carbocycles. The SMILES string of the molecule is O=C(Cc1cocn1)Nc1cccc(Cl)c1Cl. The number of halogens is 2. The maximum Gasteiger partial charge on any atom is 0.230 e. The highest BCUT2D eigenvalue weighted by atomic mass is 35.5. The minimum Gasteiger partial charge on any atom is -0.451 e. The Morgan fingerprint density at radius 2 is 2.24 bits per heavy atom. The van der Waals surface area contributed by atoms with Crippen molar-refractivity contribution in [3.63, 3.8) is 0 Å². The number of aromatic nitrogens is 1. The van der Waals surface area contributed by atoms with Crippen molar-refractivity contribution in [2.45, 2.75) is 6.42 Å². The molecule has 1 heterocycles. The molecule has 88 valence electrons. The van der Waals surface area contributed by atoms with E-state index in [-0.39, 0.29) is 12.3 Å². The van der Waals surface area contributed by atoms with Gasteiger partial charge in [0, 0.05) is 0 Å². The van der Waals surface area contributed by atoms with E-state index in [2.05, 4.69) is 10.3 Å². The minimum absolute atomic E-state index is 0.124. The van der Waals surface area contributed by atoms with E-state index in [0.717, 1.165) is 0 Å². The van der Waals surface area contributed by atoms with Gasteiger partial charge in [0.2, 0.25) is 5.91 Å². The van der Waals surface area contributed by atoms with Crippen molar-refractivity contribution >= 4 is 34.8 Å². The molecule has 1 N–H and O–H groups in total. The number of amides is 1. The molecule has 0 aliphatic heterocycles. The Morgan fingerprint density at radius 3 is 2.94 bits per heavy atom. The molecule has 1 amide bonds. The molecule has 0 unspecified atom stereocenters. The second kappa shape index (κ2) is 5.21. The van der Waals surface area contributed by atoms with E-state index in [1.807, 2.05) is 0 Å². The normalized spacial score (nSPS) is 10.2. The van der Waals surface area contributed by atoms with Crippen LogP contribution >= 0.6 is 23.2 Å². The van der Waals surface area contributed by atoms with Gasteiger partial charge in [0.25, 0.3) is 0 Å². The summed E-state index contributed by atoms with van der Waals surface area (Å²) in [4.78, 5) is 15.5. The zero-order valence-corrected chi connectivity index (χ0v) is 10.1. The number of nitrogens with one attached hydrogen (secondary N) is 1.